The van der Waals surface area contributed by atoms with Gasteiger partial charge in [0.1, 0.15) is 5.82 Å². The summed E-state index contributed by atoms with van der Waals surface area (Å²) in [6.45, 7) is 3.86. The SMILES string of the molecule is CCCCc1nc(C)n(-c2ncc(OC(Cc3ccccc3)C(=O)O)cn2)c(=O)c1Cc1ccc(-c2ccccc2-c2nn[nH]n2)cc1. The molecule has 0 fully saturated rings. The van der Waals surface area contributed by atoms with E-state index in [-0.39, 0.29) is 23.7 Å². The van der Waals surface area contributed by atoms with Crippen molar-refractivity contribution < 1.29 is 14.6 Å². The zero-order valence-electron chi connectivity index (χ0n) is 26.6. The third-order valence-corrected chi connectivity index (χ3v) is 7.99. The van der Waals surface area contributed by atoms with E-state index in [1.165, 1.54) is 17.0 Å². The fourth-order valence-electron chi connectivity index (χ4n) is 5.55. The van der Waals surface area contributed by atoms with E-state index in [4.69, 9.17) is 9.72 Å². The van der Waals surface area contributed by atoms with Crippen LogP contribution >= 0.6 is 0 Å². The van der Waals surface area contributed by atoms with Crippen LogP contribution in [-0.2, 0) is 24.1 Å². The Hall–Kier alpha value is -6.04. The second-order valence-electron chi connectivity index (χ2n) is 11.3. The van der Waals surface area contributed by atoms with Gasteiger partial charge in [-0.2, -0.15) is 5.21 Å². The van der Waals surface area contributed by atoms with Crippen molar-refractivity contribution in [1.82, 2.24) is 40.1 Å². The monoisotopic (exact) mass is 642 g/mol. The highest BCUT2D eigenvalue weighted by Crippen LogP contribution is 2.30. The molecule has 1 unspecified atom stereocenters. The zero-order valence-corrected chi connectivity index (χ0v) is 26.6. The summed E-state index contributed by atoms with van der Waals surface area (Å²) in [7, 11) is 0. The topological polar surface area (TPSA) is 162 Å². The van der Waals surface area contributed by atoms with E-state index in [1.807, 2.05) is 78.9 Å². The number of aliphatic carboxylic acids is 1. The van der Waals surface area contributed by atoms with Gasteiger partial charge in [0.05, 0.1) is 18.1 Å². The minimum Gasteiger partial charge on any atom is -0.478 e. The van der Waals surface area contributed by atoms with Crippen molar-refractivity contribution in [2.75, 3.05) is 0 Å². The van der Waals surface area contributed by atoms with Gasteiger partial charge in [-0.1, -0.05) is 92.2 Å². The van der Waals surface area contributed by atoms with E-state index in [0.717, 1.165) is 46.4 Å². The van der Waals surface area contributed by atoms with Gasteiger partial charge in [-0.05, 0) is 47.2 Å². The van der Waals surface area contributed by atoms with Crippen LogP contribution in [0.2, 0.25) is 0 Å². The lowest BCUT2D eigenvalue weighted by molar-refractivity contribution is -0.145. The minimum absolute atomic E-state index is 0.129. The number of aromatic nitrogens is 8. The highest BCUT2D eigenvalue weighted by molar-refractivity contribution is 5.80. The molecular weight excluding hydrogens is 608 g/mol. The molecule has 0 saturated carbocycles. The Labute approximate surface area is 276 Å². The van der Waals surface area contributed by atoms with E-state index >= 15 is 0 Å². The molecule has 0 aliphatic heterocycles. The first-order valence-electron chi connectivity index (χ1n) is 15.7. The van der Waals surface area contributed by atoms with Gasteiger partial charge in [0.25, 0.3) is 5.56 Å². The van der Waals surface area contributed by atoms with Crippen LogP contribution in [0.1, 0.15) is 48.0 Å². The number of hydrogen-bond acceptors (Lipinski definition) is 9. The lowest BCUT2D eigenvalue weighted by Crippen LogP contribution is -2.30. The summed E-state index contributed by atoms with van der Waals surface area (Å²) in [6, 6.07) is 25.1. The van der Waals surface area contributed by atoms with Crippen molar-refractivity contribution >= 4 is 5.97 Å². The molecule has 0 bridgehead atoms. The van der Waals surface area contributed by atoms with Crippen molar-refractivity contribution in [3.8, 4) is 34.2 Å². The maximum Gasteiger partial charge on any atom is 0.345 e. The molecule has 12 nitrogen and oxygen atoms in total. The number of tetrazole rings is 1. The molecule has 3 aromatic heterocycles. The van der Waals surface area contributed by atoms with Crippen molar-refractivity contribution in [1.29, 1.82) is 0 Å². The fraction of sp³-hybridized carbons (Fsp3) is 0.222. The quantitative estimate of drug-likeness (QED) is 0.172. The van der Waals surface area contributed by atoms with Crippen molar-refractivity contribution in [2.24, 2.45) is 0 Å². The summed E-state index contributed by atoms with van der Waals surface area (Å²) in [5, 5.41) is 24.2. The molecule has 1 atom stereocenters. The molecule has 6 rings (SSSR count). The summed E-state index contributed by atoms with van der Waals surface area (Å²) in [5.41, 5.74) is 5.67. The van der Waals surface area contributed by atoms with Crippen LogP contribution in [0.3, 0.4) is 0 Å². The lowest BCUT2D eigenvalue weighted by atomic mass is 9.96. The van der Waals surface area contributed by atoms with Crippen LogP contribution in [0, 0.1) is 6.92 Å². The molecular formula is C36H34N8O4. The number of ether oxygens (including phenoxy) is 1. The van der Waals surface area contributed by atoms with Gasteiger partial charge in [0.2, 0.25) is 11.8 Å². The normalized spacial score (nSPS) is 11.7. The number of nitrogens with one attached hydrogen (secondary N) is 1. The third kappa shape index (κ3) is 7.17. The van der Waals surface area contributed by atoms with Gasteiger partial charge < -0.3 is 9.84 Å². The standard InChI is InChI=1S/C36H34N8O4/c1-3-4-14-31-30(19-25-15-17-26(18-16-25)28-12-8-9-13-29(28)33-40-42-43-41-33)34(45)44(23(2)39-31)36-37-21-27(22-38-36)48-32(35(46)47)20-24-10-6-5-7-11-24/h5-13,15-18,21-22,32H,3-4,14,19-20H2,1-2H3,(H,46,47)(H,40,41,42,43). The number of aromatic amines is 1. The molecule has 6 aromatic rings. The van der Waals surface area contributed by atoms with Gasteiger partial charge in [-0.15, -0.1) is 10.2 Å². The summed E-state index contributed by atoms with van der Waals surface area (Å²) >= 11 is 0. The van der Waals surface area contributed by atoms with Gasteiger partial charge in [0.15, 0.2) is 11.9 Å². The first-order valence-corrected chi connectivity index (χ1v) is 15.7. The molecule has 0 radical (unpaired) electrons. The predicted molar refractivity (Wildman–Crippen MR) is 179 cm³/mol. The Morgan fingerprint density at radius 2 is 1.65 bits per heavy atom. The number of rotatable bonds is 13. The third-order valence-electron chi connectivity index (χ3n) is 7.99. The van der Waals surface area contributed by atoms with Crippen LogP contribution in [0.4, 0.5) is 0 Å². The minimum atomic E-state index is -1.13. The van der Waals surface area contributed by atoms with E-state index < -0.39 is 12.1 Å². The van der Waals surface area contributed by atoms with Crippen molar-refractivity contribution in [3.63, 3.8) is 0 Å². The highest BCUT2D eigenvalue weighted by atomic mass is 16.5. The summed E-state index contributed by atoms with van der Waals surface area (Å²) in [4.78, 5) is 39.6. The Balaban J connectivity index is 1.27. The number of aryl methyl sites for hydroxylation is 2. The van der Waals surface area contributed by atoms with Crippen molar-refractivity contribution in [2.45, 2.75) is 52.1 Å². The molecule has 242 valence electrons. The molecule has 48 heavy (non-hydrogen) atoms. The Morgan fingerprint density at radius 3 is 2.31 bits per heavy atom. The van der Waals surface area contributed by atoms with Crippen LogP contribution in [0.25, 0.3) is 28.5 Å². The van der Waals surface area contributed by atoms with Gasteiger partial charge in [-0.3, -0.25) is 4.79 Å². The van der Waals surface area contributed by atoms with E-state index in [1.54, 1.807) is 6.92 Å². The van der Waals surface area contributed by atoms with Crippen LogP contribution < -0.4 is 10.3 Å². The molecule has 0 aliphatic rings. The molecule has 0 amide bonds. The summed E-state index contributed by atoms with van der Waals surface area (Å²) in [6.07, 6.45) is 4.71. The Bertz CT molecular complexity index is 2050. The summed E-state index contributed by atoms with van der Waals surface area (Å²) < 4.78 is 7.12. The number of H-pyrrole nitrogens is 1. The zero-order chi connectivity index (χ0) is 33.5. The van der Waals surface area contributed by atoms with Gasteiger partial charge in [0, 0.05) is 24.0 Å². The van der Waals surface area contributed by atoms with E-state index in [9.17, 15) is 14.7 Å². The molecule has 0 spiro atoms. The number of hydrogen-bond donors (Lipinski definition) is 2. The number of unbranched alkanes of at least 4 members (excludes halogenated alkanes) is 1. The number of nitrogens with zero attached hydrogens (tertiary/aromatic N) is 7. The Kier molecular flexibility index (Phi) is 9.70. The average Bonchev–Trinajstić information content (AvgIpc) is 3.65. The second kappa shape index (κ2) is 14.6. The first-order chi connectivity index (χ1) is 23.4. The molecule has 3 aromatic carbocycles. The van der Waals surface area contributed by atoms with Gasteiger partial charge in [-0.25, -0.2) is 24.3 Å². The van der Waals surface area contributed by atoms with Crippen LogP contribution in [-0.4, -0.2) is 57.3 Å². The predicted octanol–water partition coefficient (Wildman–Crippen LogP) is 5.19. The number of carboxylic acids is 1. The lowest BCUT2D eigenvalue weighted by Gasteiger charge is -2.16. The summed E-state index contributed by atoms with van der Waals surface area (Å²) in [5.74, 6) is 0.183. The first kappa shape index (κ1) is 31.9. The molecule has 2 N–H and O–H groups in total. The maximum absolute atomic E-state index is 14.1. The molecule has 12 heteroatoms. The van der Waals surface area contributed by atoms with Gasteiger partial charge >= 0.3 is 5.97 Å². The van der Waals surface area contributed by atoms with E-state index in [2.05, 4.69) is 37.5 Å². The second-order valence-corrected chi connectivity index (χ2v) is 11.3. The van der Waals surface area contributed by atoms with Crippen LogP contribution in [0.15, 0.2) is 96.1 Å². The molecule has 3 heterocycles. The maximum atomic E-state index is 14.1. The fourth-order valence-corrected chi connectivity index (χ4v) is 5.55. The number of benzene rings is 3. The van der Waals surface area contributed by atoms with Crippen LogP contribution in [0.5, 0.6) is 5.75 Å². The highest BCUT2D eigenvalue weighted by Gasteiger charge is 2.22. The molecule has 0 aliphatic carbocycles. The molecule has 0 saturated heterocycles. The van der Waals surface area contributed by atoms with E-state index in [0.29, 0.717) is 30.1 Å². The van der Waals surface area contributed by atoms with Crippen molar-refractivity contribution in [3.05, 3.63) is 130 Å². The smallest absolute Gasteiger partial charge is 0.345 e. The average molecular weight is 643 g/mol. The number of carbonyl (C=O) groups is 1. The Morgan fingerprint density at radius 1 is 0.938 bits per heavy atom. The number of carboxylic acid groups (broad SMARTS) is 1. The largest absolute Gasteiger partial charge is 0.478 e.